The highest BCUT2D eigenvalue weighted by Gasteiger charge is 2.29. The molecule has 2 aromatic heterocycles. The van der Waals surface area contributed by atoms with Crippen LogP contribution in [0.3, 0.4) is 0 Å². The molecule has 0 radical (unpaired) electrons. The molecule has 0 saturated heterocycles. The summed E-state index contributed by atoms with van der Waals surface area (Å²) in [6.07, 6.45) is 2.08. The highest BCUT2D eigenvalue weighted by Crippen LogP contribution is 2.41. The van der Waals surface area contributed by atoms with Crippen molar-refractivity contribution in [3.05, 3.63) is 34.5 Å². The van der Waals surface area contributed by atoms with E-state index in [1.807, 2.05) is 5.94 Å². The van der Waals surface area contributed by atoms with Gasteiger partial charge >= 0.3 is 0 Å². The second kappa shape index (κ2) is 5.83. The zero-order chi connectivity index (χ0) is 15.7. The lowest BCUT2D eigenvalue weighted by molar-refractivity contribution is 0.395. The Morgan fingerprint density at radius 1 is 1.45 bits per heavy atom. The lowest BCUT2D eigenvalue weighted by atomic mass is 10.3. The Hall–Kier alpha value is -2.30. The molecule has 1 N–H and O–H groups in total. The number of aryl methyl sites for hydroxylation is 1. The van der Waals surface area contributed by atoms with Gasteiger partial charge in [-0.3, -0.25) is 0 Å². The predicted octanol–water partition coefficient (Wildman–Crippen LogP) is 3.20. The second-order valence-electron chi connectivity index (χ2n) is 5.04. The highest BCUT2D eigenvalue weighted by molar-refractivity contribution is 6.34. The fraction of sp³-hybridized carbons (Fsp3) is 0.333. The molecule has 1 saturated carbocycles. The minimum absolute atomic E-state index is 0.123. The fourth-order valence-electron chi connectivity index (χ4n) is 2.01. The van der Waals surface area contributed by atoms with E-state index in [0.29, 0.717) is 29.1 Å². The molecule has 0 unspecified atom stereocenters. The molecule has 1 aliphatic carbocycles. The summed E-state index contributed by atoms with van der Waals surface area (Å²) < 4.78 is 10.6. The van der Waals surface area contributed by atoms with E-state index in [1.165, 1.54) is 7.11 Å². The number of nitrogens with zero attached hydrogens (tertiary/aromatic N) is 2. The molecule has 0 spiro atoms. The van der Waals surface area contributed by atoms with E-state index in [9.17, 15) is 4.79 Å². The third kappa shape index (κ3) is 2.84. The van der Waals surface area contributed by atoms with Crippen LogP contribution in [0.5, 0.6) is 5.88 Å². The normalized spacial score (nSPS) is 13.6. The van der Waals surface area contributed by atoms with Gasteiger partial charge in [-0.15, -0.1) is 0 Å². The third-order valence-corrected chi connectivity index (χ3v) is 3.65. The summed E-state index contributed by atoms with van der Waals surface area (Å²) in [5, 5.41) is 3.07. The molecule has 0 atom stereocenters. The van der Waals surface area contributed by atoms with Gasteiger partial charge in [-0.05, 0) is 31.9 Å². The minimum Gasteiger partial charge on any atom is -0.480 e. The quantitative estimate of drug-likeness (QED) is 0.853. The van der Waals surface area contributed by atoms with Crippen LogP contribution in [0.1, 0.15) is 36.1 Å². The molecule has 1 fully saturated rings. The lowest BCUT2D eigenvalue weighted by Crippen LogP contribution is -2.06. The first-order valence-corrected chi connectivity index (χ1v) is 7.20. The molecule has 0 amide bonds. The van der Waals surface area contributed by atoms with Gasteiger partial charge in [-0.1, -0.05) is 11.6 Å². The molecule has 114 valence electrons. The van der Waals surface area contributed by atoms with E-state index in [2.05, 4.69) is 15.3 Å². The number of anilines is 1. The van der Waals surface area contributed by atoms with Crippen molar-refractivity contribution < 1.29 is 13.9 Å². The number of hydrogen-bond acceptors (Lipinski definition) is 6. The van der Waals surface area contributed by atoms with E-state index in [-0.39, 0.29) is 16.6 Å². The molecule has 1 aliphatic rings. The Bertz CT molecular complexity index is 761. The third-order valence-electron chi connectivity index (χ3n) is 3.31. The number of aromatic nitrogens is 2. The van der Waals surface area contributed by atoms with Gasteiger partial charge in [-0.2, -0.15) is 4.98 Å². The Kier molecular flexibility index (Phi) is 3.88. The number of methoxy groups -OCH3 is 1. The Morgan fingerprint density at radius 2 is 2.23 bits per heavy atom. The van der Waals surface area contributed by atoms with Crippen molar-refractivity contribution in [2.24, 2.45) is 0 Å². The molecule has 0 bridgehead atoms. The highest BCUT2D eigenvalue weighted by atomic mass is 35.5. The van der Waals surface area contributed by atoms with Crippen molar-refractivity contribution in [1.29, 1.82) is 0 Å². The van der Waals surface area contributed by atoms with Crippen LogP contribution in [-0.2, 0) is 4.79 Å². The first kappa shape index (κ1) is 14.6. The van der Waals surface area contributed by atoms with Gasteiger partial charge in [0, 0.05) is 5.92 Å². The van der Waals surface area contributed by atoms with Crippen molar-refractivity contribution >= 4 is 29.1 Å². The minimum atomic E-state index is 0.123. The summed E-state index contributed by atoms with van der Waals surface area (Å²) in [5.41, 5.74) is 0.123. The summed E-state index contributed by atoms with van der Waals surface area (Å²) in [7, 11) is 1.49. The smallest absolute Gasteiger partial charge is 0.237 e. The fourth-order valence-corrected chi connectivity index (χ4v) is 2.22. The van der Waals surface area contributed by atoms with Gasteiger partial charge in [0.1, 0.15) is 16.6 Å². The predicted molar refractivity (Wildman–Crippen MR) is 81.7 cm³/mol. The molecule has 2 aromatic rings. The second-order valence-corrected chi connectivity index (χ2v) is 5.42. The van der Waals surface area contributed by atoms with E-state index in [1.54, 1.807) is 19.1 Å². The van der Waals surface area contributed by atoms with E-state index >= 15 is 0 Å². The van der Waals surface area contributed by atoms with Crippen molar-refractivity contribution in [1.82, 2.24) is 9.97 Å². The Morgan fingerprint density at radius 3 is 2.77 bits per heavy atom. The van der Waals surface area contributed by atoms with Gasteiger partial charge in [0.25, 0.3) is 0 Å². The van der Waals surface area contributed by atoms with Gasteiger partial charge in [0.05, 0.1) is 7.11 Å². The molecule has 0 aliphatic heterocycles. The number of ether oxygens (including phenoxy) is 1. The monoisotopic (exact) mass is 319 g/mol. The SMILES string of the molecule is COc1nc(C2CC2)nc(NC(=C=O)c2ccc(C)o2)c1Cl. The summed E-state index contributed by atoms with van der Waals surface area (Å²) >= 11 is 6.21. The van der Waals surface area contributed by atoms with E-state index in [0.717, 1.165) is 12.8 Å². The molecule has 0 aromatic carbocycles. The molecule has 2 heterocycles. The van der Waals surface area contributed by atoms with Gasteiger partial charge in [0.15, 0.2) is 23.2 Å². The maximum Gasteiger partial charge on any atom is 0.237 e. The molecule has 22 heavy (non-hydrogen) atoms. The van der Waals surface area contributed by atoms with Crippen LogP contribution in [0.2, 0.25) is 5.02 Å². The zero-order valence-corrected chi connectivity index (χ0v) is 12.9. The first-order chi connectivity index (χ1) is 10.6. The average Bonchev–Trinajstić information content (AvgIpc) is 3.28. The number of halogens is 1. The lowest BCUT2D eigenvalue weighted by Gasteiger charge is -2.11. The summed E-state index contributed by atoms with van der Waals surface area (Å²) in [6.45, 7) is 1.79. The molecular formula is C15H14ClN3O3. The first-order valence-electron chi connectivity index (χ1n) is 6.82. The van der Waals surface area contributed by atoms with Crippen LogP contribution in [0.4, 0.5) is 5.82 Å². The van der Waals surface area contributed by atoms with Crippen LogP contribution in [0, 0.1) is 6.92 Å². The van der Waals surface area contributed by atoms with Crippen LogP contribution >= 0.6 is 11.6 Å². The Labute approximate surface area is 132 Å². The summed E-state index contributed by atoms with van der Waals surface area (Å²) in [4.78, 5) is 19.9. The number of rotatable bonds is 5. The van der Waals surface area contributed by atoms with Crippen LogP contribution < -0.4 is 10.1 Å². The van der Waals surface area contributed by atoms with Crippen molar-refractivity contribution in [2.45, 2.75) is 25.7 Å². The van der Waals surface area contributed by atoms with E-state index in [4.69, 9.17) is 20.8 Å². The number of furan rings is 1. The number of nitrogens with one attached hydrogen (secondary N) is 1. The van der Waals surface area contributed by atoms with Gasteiger partial charge in [0.2, 0.25) is 5.88 Å². The van der Waals surface area contributed by atoms with Crippen molar-refractivity contribution in [3.63, 3.8) is 0 Å². The molecule has 3 rings (SSSR count). The maximum absolute atomic E-state index is 11.2. The van der Waals surface area contributed by atoms with Crippen molar-refractivity contribution in [2.75, 3.05) is 12.4 Å². The standard InChI is InChI=1S/C15H14ClN3O3/c1-8-3-6-11(22-8)10(7-20)17-14-12(16)15(21-2)19-13(18-14)9-4-5-9/h3,6,9H,4-5H2,1-2H3,(H,17,18,19). The summed E-state index contributed by atoms with van der Waals surface area (Å²) in [6, 6.07) is 3.43. The van der Waals surface area contributed by atoms with E-state index < -0.39 is 0 Å². The molecule has 6 nitrogen and oxygen atoms in total. The van der Waals surface area contributed by atoms with Crippen LogP contribution in [0.15, 0.2) is 16.5 Å². The average molecular weight is 320 g/mol. The Balaban J connectivity index is 1.96. The molecule has 7 heteroatoms. The van der Waals surface area contributed by atoms with Crippen LogP contribution in [0.25, 0.3) is 5.70 Å². The summed E-state index contributed by atoms with van der Waals surface area (Å²) in [5.74, 6) is 4.44. The van der Waals surface area contributed by atoms with Gasteiger partial charge < -0.3 is 14.5 Å². The maximum atomic E-state index is 11.2. The van der Waals surface area contributed by atoms with Gasteiger partial charge in [-0.25, -0.2) is 9.78 Å². The van der Waals surface area contributed by atoms with Crippen molar-refractivity contribution in [3.8, 4) is 5.88 Å². The number of hydrogen-bond donors (Lipinski definition) is 1. The largest absolute Gasteiger partial charge is 0.480 e. The molecular weight excluding hydrogens is 306 g/mol. The zero-order valence-electron chi connectivity index (χ0n) is 12.1. The van der Waals surface area contributed by atoms with Crippen LogP contribution in [-0.4, -0.2) is 23.0 Å². The number of carbonyl (C=O) groups excluding carboxylic acids is 1. The topological polar surface area (TPSA) is 77.3 Å².